The highest BCUT2D eigenvalue weighted by atomic mass is 16.6. The lowest BCUT2D eigenvalue weighted by molar-refractivity contribution is -0.151. The minimum atomic E-state index is -1.17. The van der Waals surface area contributed by atoms with Gasteiger partial charge in [0.15, 0.2) is 24.4 Å². The summed E-state index contributed by atoms with van der Waals surface area (Å²) in [5.74, 6) is -1.33. The fourth-order valence-electron chi connectivity index (χ4n) is 3.20. The van der Waals surface area contributed by atoms with Crippen molar-refractivity contribution in [3.8, 4) is 0 Å². The van der Waals surface area contributed by atoms with E-state index < -0.39 is 60.8 Å². The predicted octanol–water partition coefficient (Wildman–Crippen LogP) is -0.803. The average Bonchev–Trinajstić information content (AvgIpc) is 3.26. The largest absolute Gasteiger partial charge is 0.454 e. The number of cyclic esters (lactones) is 2. The number of carbonyl (C=O) groups is 2. The van der Waals surface area contributed by atoms with Gasteiger partial charge < -0.3 is 39.4 Å². The van der Waals surface area contributed by atoms with E-state index in [4.69, 9.17) is 18.9 Å². The topological polar surface area (TPSA) is 152 Å². The molecular weight excluding hydrogens is 424 g/mol. The number of esters is 2. The molecule has 0 saturated carbocycles. The number of ether oxygens (including phenoxy) is 4. The first-order chi connectivity index (χ1) is 15.2. The Morgan fingerprint density at radius 1 is 0.906 bits per heavy atom. The second-order valence-electron chi connectivity index (χ2n) is 7.08. The number of hydrogen-bond donors (Lipinski definition) is 4. The Morgan fingerprint density at radius 2 is 1.38 bits per heavy atom. The highest BCUT2D eigenvalue weighted by molar-refractivity contribution is 5.78. The predicted molar refractivity (Wildman–Crippen MR) is 111 cm³/mol. The van der Waals surface area contributed by atoms with Gasteiger partial charge in [0.05, 0.1) is 0 Å². The number of aliphatic hydroxyl groups excluding tert-OH is 4. The zero-order valence-electron chi connectivity index (χ0n) is 17.7. The summed E-state index contributed by atoms with van der Waals surface area (Å²) in [5, 5.41) is 38.4. The maximum Gasteiger partial charge on any atom is 0.338 e. The molecule has 10 nitrogen and oxygen atoms in total. The van der Waals surface area contributed by atoms with Gasteiger partial charge in [0, 0.05) is 14.2 Å². The Hall–Kier alpha value is -2.60. The first kappa shape index (κ1) is 25.7. The van der Waals surface area contributed by atoms with Crippen molar-refractivity contribution >= 4 is 18.0 Å². The van der Waals surface area contributed by atoms with Crippen molar-refractivity contribution in [2.75, 3.05) is 14.2 Å². The van der Waals surface area contributed by atoms with Crippen LogP contribution in [0.2, 0.25) is 0 Å². The highest BCUT2D eigenvalue weighted by Crippen LogP contribution is 2.22. The molecular formula is C22H28O10. The average molecular weight is 452 g/mol. The van der Waals surface area contributed by atoms with E-state index in [0.29, 0.717) is 0 Å². The van der Waals surface area contributed by atoms with Crippen LogP contribution in [0.5, 0.6) is 0 Å². The van der Waals surface area contributed by atoms with Crippen LogP contribution in [0.3, 0.4) is 0 Å². The molecule has 10 heteroatoms. The molecule has 2 aliphatic rings. The van der Waals surface area contributed by atoms with Crippen molar-refractivity contribution in [3.05, 3.63) is 54.6 Å². The number of methoxy groups -OCH3 is 2. The fourth-order valence-corrected chi connectivity index (χ4v) is 3.20. The summed E-state index contributed by atoms with van der Waals surface area (Å²) < 4.78 is 19.1. The van der Waals surface area contributed by atoms with Gasteiger partial charge in [-0.3, -0.25) is 0 Å². The van der Waals surface area contributed by atoms with E-state index in [-0.39, 0.29) is 0 Å². The third-order valence-electron chi connectivity index (χ3n) is 4.97. The van der Waals surface area contributed by atoms with E-state index in [1.165, 1.54) is 26.4 Å². The Bertz CT molecular complexity index is 795. The SMILES string of the molecule is C=C[C@@H](O)C1OC(=O)[C@H](OC)C1O.CO[C@H]1C(=O)OC([C@H](O)/C=C/c2ccccc2)C1O. The summed E-state index contributed by atoms with van der Waals surface area (Å²) in [4.78, 5) is 22.4. The van der Waals surface area contributed by atoms with Crippen LogP contribution in [0.15, 0.2) is 49.1 Å². The molecule has 2 fully saturated rings. The van der Waals surface area contributed by atoms with Crippen molar-refractivity contribution in [2.24, 2.45) is 0 Å². The summed E-state index contributed by atoms with van der Waals surface area (Å²) in [6.07, 6.45) is -4.13. The number of hydrogen-bond acceptors (Lipinski definition) is 10. The van der Waals surface area contributed by atoms with E-state index in [9.17, 15) is 30.0 Å². The zero-order valence-corrected chi connectivity index (χ0v) is 17.7. The molecule has 0 spiro atoms. The molecule has 176 valence electrons. The molecule has 3 rings (SSSR count). The molecule has 1 aromatic carbocycles. The fraction of sp³-hybridized carbons (Fsp3) is 0.455. The van der Waals surface area contributed by atoms with Crippen LogP contribution in [0.25, 0.3) is 6.08 Å². The van der Waals surface area contributed by atoms with Gasteiger partial charge in [0.2, 0.25) is 0 Å². The quantitative estimate of drug-likeness (QED) is 0.305. The highest BCUT2D eigenvalue weighted by Gasteiger charge is 2.47. The first-order valence-electron chi connectivity index (χ1n) is 9.79. The summed E-state index contributed by atoms with van der Waals surface area (Å²) in [7, 11) is 2.60. The summed E-state index contributed by atoms with van der Waals surface area (Å²) in [6, 6.07) is 9.38. The smallest absolute Gasteiger partial charge is 0.338 e. The Balaban J connectivity index is 0.000000244. The van der Waals surface area contributed by atoms with Crippen LogP contribution in [0, 0.1) is 0 Å². The molecule has 4 N–H and O–H groups in total. The lowest BCUT2D eigenvalue weighted by Crippen LogP contribution is -2.38. The second-order valence-corrected chi connectivity index (χ2v) is 7.08. The van der Waals surface area contributed by atoms with E-state index in [1.807, 2.05) is 30.3 Å². The van der Waals surface area contributed by atoms with Gasteiger partial charge in [0.25, 0.3) is 0 Å². The Labute approximate surface area is 185 Å². The minimum absolute atomic E-state index is 0.660. The molecule has 0 aliphatic carbocycles. The van der Waals surface area contributed by atoms with E-state index in [2.05, 4.69) is 6.58 Å². The summed E-state index contributed by atoms with van der Waals surface area (Å²) in [5.41, 5.74) is 0.906. The second kappa shape index (κ2) is 11.9. The summed E-state index contributed by atoms with van der Waals surface area (Å²) in [6.45, 7) is 3.32. The molecule has 2 aliphatic heterocycles. The van der Waals surface area contributed by atoms with Crippen LogP contribution in [0.4, 0.5) is 0 Å². The van der Waals surface area contributed by atoms with Gasteiger partial charge in [-0.05, 0) is 5.56 Å². The molecule has 8 atom stereocenters. The first-order valence-corrected chi connectivity index (χ1v) is 9.79. The third kappa shape index (κ3) is 6.00. The van der Waals surface area contributed by atoms with Gasteiger partial charge in [-0.2, -0.15) is 0 Å². The van der Waals surface area contributed by atoms with Crippen LogP contribution in [-0.2, 0) is 28.5 Å². The molecule has 4 unspecified atom stereocenters. The molecule has 0 aromatic heterocycles. The van der Waals surface area contributed by atoms with Crippen LogP contribution in [0.1, 0.15) is 5.56 Å². The Morgan fingerprint density at radius 3 is 1.78 bits per heavy atom. The molecule has 32 heavy (non-hydrogen) atoms. The summed E-state index contributed by atoms with van der Waals surface area (Å²) >= 11 is 0. The van der Waals surface area contributed by atoms with Crippen LogP contribution >= 0.6 is 0 Å². The number of carbonyl (C=O) groups excluding carboxylic acids is 2. The van der Waals surface area contributed by atoms with Gasteiger partial charge >= 0.3 is 11.9 Å². The van der Waals surface area contributed by atoms with Crippen molar-refractivity contribution in [1.82, 2.24) is 0 Å². The standard InChI is InChI=1S/C14H16O5.C8H12O5/c1-18-13-11(16)12(19-14(13)17)10(15)8-7-9-5-3-2-4-6-9;1-3-4(9)6-5(10)7(12-2)8(11)13-6/h2-8,10-13,15-16H,1H3;3-7,9-10H,1H2,2H3/b8-7+;/t10-,11?,12?,13-;4-,5?,6?,7-/m11/s1. The molecule has 0 amide bonds. The third-order valence-corrected chi connectivity index (χ3v) is 4.97. The normalized spacial score (nSPS) is 31.4. The van der Waals surface area contributed by atoms with Gasteiger partial charge in [-0.25, -0.2) is 9.59 Å². The van der Waals surface area contributed by atoms with Crippen molar-refractivity contribution < 1.29 is 49.0 Å². The molecule has 0 bridgehead atoms. The van der Waals surface area contributed by atoms with Gasteiger partial charge in [-0.15, -0.1) is 6.58 Å². The molecule has 0 radical (unpaired) electrons. The number of rotatable bonds is 7. The molecule has 1 aromatic rings. The van der Waals surface area contributed by atoms with E-state index in [1.54, 1.807) is 6.08 Å². The van der Waals surface area contributed by atoms with Crippen LogP contribution in [-0.4, -0.2) is 95.4 Å². The van der Waals surface area contributed by atoms with Gasteiger partial charge in [0.1, 0.15) is 24.4 Å². The molecule has 2 heterocycles. The van der Waals surface area contributed by atoms with E-state index in [0.717, 1.165) is 5.56 Å². The Kier molecular flexibility index (Phi) is 9.51. The zero-order chi connectivity index (χ0) is 23.8. The lowest BCUT2D eigenvalue weighted by atomic mass is 10.0. The lowest BCUT2D eigenvalue weighted by Gasteiger charge is -2.17. The number of benzene rings is 1. The number of aliphatic hydroxyl groups is 4. The van der Waals surface area contributed by atoms with Crippen LogP contribution < -0.4 is 0 Å². The van der Waals surface area contributed by atoms with E-state index >= 15 is 0 Å². The minimum Gasteiger partial charge on any atom is -0.454 e. The molecule has 2 saturated heterocycles. The monoisotopic (exact) mass is 452 g/mol. The van der Waals surface area contributed by atoms with Crippen molar-refractivity contribution in [3.63, 3.8) is 0 Å². The van der Waals surface area contributed by atoms with Crippen molar-refractivity contribution in [2.45, 2.75) is 48.8 Å². The maximum atomic E-state index is 11.4. The van der Waals surface area contributed by atoms with Gasteiger partial charge in [-0.1, -0.05) is 48.6 Å². The maximum absolute atomic E-state index is 11.4. The van der Waals surface area contributed by atoms with Crippen molar-refractivity contribution in [1.29, 1.82) is 0 Å².